The summed E-state index contributed by atoms with van der Waals surface area (Å²) in [6.45, 7) is 6.31. The molecule has 1 N–H and O–H groups in total. The van der Waals surface area contributed by atoms with Crippen molar-refractivity contribution in [1.82, 2.24) is 20.1 Å². The normalized spacial score (nSPS) is 10.5. The molecule has 31 heavy (non-hydrogen) atoms. The number of hydrogen-bond donors (Lipinski definition) is 1. The summed E-state index contributed by atoms with van der Waals surface area (Å²) in [5, 5.41) is 8.26. The van der Waals surface area contributed by atoms with E-state index in [4.69, 9.17) is 9.84 Å². The van der Waals surface area contributed by atoms with Crippen molar-refractivity contribution in [3.05, 3.63) is 107 Å². The Morgan fingerprint density at radius 3 is 2.26 bits per heavy atom. The molecule has 0 saturated heterocycles. The summed E-state index contributed by atoms with van der Waals surface area (Å²) >= 11 is 0. The van der Waals surface area contributed by atoms with Gasteiger partial charge in [-0.15, -0.1) is 12.4 Å². The lowest BCUT2D eigenvalue weighted by molar-refractivity contribution is 0.306. The average Bonchev–Trinajstić information content (AvgIpc) is 3.08. The molecule has 0 aliphatic heterocycles. The van der Waals surface area contributed by atoms with Gasteiger partial charge < -0.3 is 10.1 Å². The molecule has 4 rings (SSSR count). The highest BCUT2D eigenvalue weighted by molar-refractivity contribution is 5.85. The molecule has 0 radical (unpaired) electrons. The summed E-state index contributed by atoms with van der Waals surface area (Å²) in [5.41, 5.74) is 6.90. The highest BCUT2D eigenvalue weighted by Crippen LogP contribution is 2.18. The fraction of sp³-hybridized carbons (Fsp3) is 0.200. The summed E-state index contributed by atoms with van der Waals surface area (Å²) in [4.78, 5) is 4.02. The number of halogens is 1. The lowest BCUT2D eigenvalue weighted by Crippen LogP contribution is -2.14. The first-order valence-corrected chi connectivity index (χ1v) is 10.1. The second-order valence-corrected chi connectivity index (χ2v) is 7.29. The Morgan fingerprint density at radius 1 is 0.839 bits per heavy atom. The highest BCUT2D eigenvalue weighted by atomic mass is 35.5. The Morgan fingerprint density at radius 2 is 1.55 bits per heavy atom. The van der Waals surface area contributed by atoms with Gasteiger partial charge in [-0.2, -0.15) is 5.10 Å². The lowest BCUT2D eigenvalue weighted by Gasteiger charge is -2.09. The monoisotopic (exact) mass is 434 g/mol. The first-order chi connectivity index (χ1) is 14.7. The quantitative estimate of drug-likeness (QED) is 0.415. The summed E-state index contributed by atoms with van der Waals surface area (Å²) < 4.78 is 7.85. The van der Waals surface area contributed by atoms with Crippen LogP contribution in [0, 0.1) is 13.8 Å². The molecule has 4 aromatic rings. The zero-order chi connectivity index (χ0) is 20.8. The SMILES string of the molecule is Cc1nn(-c2ccccc2)c(C)c1CNCc1ccc(OCc2ccncc2)cc1.Cl. The number of hydrogen-bond acceptors (Lipinski definition) is 4. The second kappa shape index (κ2) is 10.8. The van der Waals surface area contributed by atoms with Gasteiger partial charge in [-0.3, -0.25) is 4.98 Å². The molecule has 2 heterocycles. The van der Waals surface area contributed by atoms with Gasteiger partial charge in [0.15, 0.2) is 0 Å². The first kappa shape index (κ1) is 22.5. The first-order valence-electron chi connectivity index (χ1n) is 10.1. The van der Waals surface area contributed by atoms with Crippen LogP contribution in [0.3, 0.4) is 0 Å². The van der Waals surface area contributed by atoms with Gasteiger partial charge in [-0.25, -0.2) is 4.68 Å². The van der Waals surface area contributed by atoms with Gasteiger partial charge in [0, 0.05) is 36.7 Å². The summed E-state index contributed by atoms with van der Waals surface area (Å²) in [6.07, 6.45) is 3.56. The van der Waals surface area contributed by atoms with Crippen LogP contribution >= 0.6 is 12.4 Å². The number of para-hydroxylation sites is 1. The van der Waals surface area contributed by atoms with Crippen LogP contribution in [0.1, 0.15) is 28.1 Å². The summed E-state index contributed by atoms with van der Waals surface area (Å²) in [6, 6.07) is 22.4. The smallest absolute Gasteiger partial charge is 0.119 e. The van der Waals surface area contributed by atoms with Crippen LogP contribution in [0.4, 0.5) is 0 Å². The minimum Gasteiger partial charge on any atom is -0.489 e. The molecule has 0 amide bonds. The molecule has 2 aromatic carbocycles. The molecule has 0 spiro atoms. The van der Waals surface area contributed by atoms with Crippen molar-refractivity contribution in [3.8, 4) is 11.4 Å². The molecular formula is C25H27ClN4O. The maximum Gasteiger partial charge on any atom is 0.119 e. The van der Waals surface area contributed by atoms with Crippen molar-refractivity contribution in [2.24, 2.45) is 0 Å². The minimum atomic E-state index is 0. The van der Waals surface area contributed by atoms with Crippen LogP contribution in [0.5, 0.6) is 5.75 Å². The predicted molar refractivity (Wildman–Crippen MR) is 126 cm³/mol. The summed E-state index contributed by atoms with van der Waals surface area (Å²) in [7, 11) is 0. The van der Waals surface area contributed by atoms with Gasteiger partial charge in [0.2, 0.25) is 0 Å². The number of rotatable bonds is 8. The molecule has 5 nitrogen and oxygen atoms in total. The Hall–Kier alpha value is -3.15. The summed E-state index contributed by atoms with van der Waals surface area (Å²) in [5.74, 6) is 0.867. The van der Waals surface area contributed by atoms with E-state index in [0.29, 0.717) is 6.61 Å². The zero-order valence-corrected chi connectivity index (χ0v) is 18.6. The van der Waals surface area contributed by atoms with Gasteiger partial charge in [0.05, 0.1) is 11.4 Å². The van der Waals surface area contributed by atoms with Crippen LogP contribution < -0.4 is 10.1 Å². The van der Waals surface area contributed by atoms with Gasteiger partial charge in [0.25, 0.3) is 0 Å². The molecule has 0 atom stereocenters. The van der Waals surface area contributed by atoms with Crippen LogP contribution in [0.2, 0.25) is 0 Å². The number of aryl methyl sites for hydroxylation is 1. The van der Waals surface area contributed by atoms with Gasteiger partial charge in [-0.05, 0) is 61.4 Å². The number of pyridine rings is 1. The van der Waals surface area contributed by atoms with Crippen molar-refractivity contribution < 1.29 is 4.74 Å². The predicted octanol–water partition coefficient (Wildman–Crippen LogP) is 5.17. The maximum absolute atomic E-state index is 5.84. The standard InChI is InChI=1S/C25H26N4O.ClH/c1-19-25(20(2)29(28-19)23-6-4-3-5-7-23)17-27-16-21-8-10-24(11-9-21)30-18-22-12-14-26-15-13-22;/h3-15,27H,16-18H2,1-2H3;1H. The molecule has 6 heteroatoms. The fourth-order valence-electron chi connectivity index (χ4n) is 3.43. The van der Waals surface area contributed by atoms with Crippen LogP contribution in [0.25, 0.3) is 5.69 Å². The van der Waals surface area contributed by atoms with E-state index < -0.39 is 0 Å². The van der Waals surface area contributed by atoms with Crippen molar-refractivity contribution in [2.75, 3.05) is 0 Å². The van der Waals surface area contributed by atoms with Crippen LogP contribution in [0.15, 0.2) is 79.1 Å². The average molecular weight is 435 g/mol. The molecule has 0 aliphatic rings. The molecule has 0 bridgehead atoms. The molecule has 160 valence electrons. The zero-order valence-electron chi connectivity index (χ0n) is 17.8. The van der Waals surface area contributed by atoms with E-state index in [-0.39, 0.29) is 12.4 Å². The van der Waals surface area contributed by atoms with E-state index in [9.17, 15) is 0 Å². The van der Waals surface area contributed by atoms with Crippen molar-refractivity contribution in [2.45, 2.75) is 33.5 Å². The van der Waals surface area contributed by atoms with E-state index >= 15 is 0 Å². The molecule has 0 fully saturated rings. The molecule has 2 aromatic heterocycles. The number of benzene rings is 2. The fourth-order valence-corrected chi connectivity index (χ4v) is 3.43. The lowest BCUT2D eigenvalue weighted by atomic mass is 10.1. The van der Waals surface area contributed by atoms with Crippen molar-refractivity contribution in [1.29, 1.82) is 0 Å². The molecule has 0 unspecified atom stereocenters. The van der Waals surface area contributed by atoms with Gasteiger partial charge in [-0.1, -0.05) is 30.3 Å². The Kier molecular flexibility index (Phi) is 7.82. The third-order valence-electron chi connectivity index (χ3n) is 5.15. The highest BCUT2D eigenvalue weighted by Gasteiger charge is 2.12. The van der Waals surface area contributed by atoms with E-state index in [1.54, 1.807) is 12.4 Å². The molecule has 0 saturated carbocycles. The Labute approximate surface area is 189 Å². The second-order valence-electron chi connectivity index (χ2n) is 7.29. The minimum absolute atomic E-state index is 0. The topological polar surface area (TPSA) is 52.0 Å². The molecular weight excluding hydrogens is 408 g/mol. The number of aromatic nitrogens is 3. The Bertz CT molecular complexity index is 1080. The van der Waals surface area contributed by atoms with E-state index in [1.807, 2.05) is 47.1 Å². The van der Waals surface area contributed by atoms with E-state index in [0.717, 1.165) is 35.8 Å². The van der Waals surface area contributed by atoms with Gasteiger partial charge >= 0.3 is 0 Å². The van der Waals surface area contributed by atoms with Crippen molar-refractivity contribution in [3.63, 3.8) is 0 Å². The largest absolute Gasteiger partial charge is 0.489 e. The van der Waals surface area contributed by atoms with Crippen LogP contribution in [-0.4, -0.2) is 14.8 Å². The number of nitrogens with one attached hydrogen (secondary N) is 1. The number of ether oxygens (including phenoxy) is 1. The molecule has 0 aliphatic carbocycles. The van der Waals surface area contributed by atoms with Crippen LogP contribution in [-0.2, 0) is 19.7 Å². The van der Waals surface area contributed by atoms with E-state index in [2.05, 4.69) is 48.4 Å². The van der Waals surface area contributed by atoms with Gasteiger partial charge in [0.1, 0.15) is 12.4 Å². The van der Waals surface area contributed by atoms with E-state index in [1.165, 1.54) is 16.8 Å². The Balaban J connectivity index is 0.00000272. The maximum atomic E-state index is 5.84. The van der Waals surface area contributed by atoms with Crippen molar-refractivity contribution >= 4 is 12.4 Å². The third kappa shape index (κ3) is 5.72. The number of nitrogens with zero attached hydrogens (tertiary/aromatic N) is 3. The third-order valence-corrected chi connectivity index (χ3v) is 5.15.